The lowest BCUT2D eigenvalue weighted by atomic mass is 10.7. The highest BCUT2D eigenvalue weighted by atomic mass is 35.5. The molecule has 0 saturated heterocycles. The molecule has 0 saturated carbocycles. The second-order valence-electron chi connectivity index (χ2n) is 1.20. The van der Waals surface area contributed by atoms with Crippen molar-refractivity contribution in [2.45, 2.75) is 0 Å². The van der Waals surface area contributed by atoms with Gasteiger partial charge in [-0.25, -0.2) is 0 Å². The molecule has 0 fully saturated rings. The zero-order chi connectivity index (χ0) is 6.41. The van der Waals surface area contributed by atoms with Crippen LogP contribution in [0.15, 0.2) is 0 Å². The summed E-state index contributed by atoms with van der Waals surface area (Å²) in [6, 6.07) is 0. The zero-order valence-electron chi connectivity index (χ0n) is 5.05. The molecule has 0 rings (SSSR count). The highest BCUT2D eigenvalue weighted by Crippen LogP contribution is 1.67. The van der Waals surface area contributed by atoms with E-state index in [1.165, 1.54) is 0 Å². The van der Waals surface area contributed by atoms with Crippen molar-refractivity contribution in [1.82, 2.24) is 5.32 Å². The fourth-order valence-corrected chi connectivity index (χ4v) is 0.236. The second kappa shape index (κ2) is 7.52. The van der Waals surface area contributed by atoms with Crippen LogP contribution in [0.5, 0.6) is 0 Å². The van der Waals surface area contributed by atoms with Gasteiger partial charge in [0.2, 0.25) is 0 Å². The van der Waals surface area contributed by atoms with Gasteiger partial charge in [0.05, 0.1) is 0 Å². The Bertz CT molecular complexity index is 78.2. The normalized spacial score (nSPS) is 7.67. The highest BCUT2D eigenvalue weighted by molar-refractivity contribution is 5.85. The Hall–Kier alpha value is -0.480. The molecule has 5 heteroatoms. The number of hydrogen-bond acceptors (Lipinski definition) is 4. The van der Waals surface area contributed by atoms with Crippen LogP contribution in [0.4, 0.5) is 4.79 Å². The third-order valence-corrected chi connectivity index (χ3v) is 0.572. The number of carbonyl (C=O) groups excluding carboxylic acids is 1. The number of halogens is 1. The predicted molar refractivity (Wildman–Crippen MR) is 32.5 cm³/mol. The first-order valence-electron chi connectivity index (χ1n) is 2.25. The molecule has 0 aromatic rings. The number of hydrogen-bond donors (Lipinski definition) is 1. The molecule has 0 aliphatic heterocycles. The Kier molecular flexibility index (Phi) is 9.47. The molecular weight excluding hydrogens is 146 g/mol. The summed E-state index contributed by atoms with van der Waals surface area (Å²) in [5, 5.41) is 12.2. The number of ether oxygens (including phenoxy) is 1. The SMILES string of the molecule is CNCCOC(=O)[O-].Cl. The van der Waals surface area contributed by atoms with E-state index in [4.69, 9.17) is 0 Å². The molecule has 0 unspecified atom stereocenters. The van der Waals surface area contributed by atoms with Gasteiger partial charge in [-0.1, -0.05) is 0 Å². The third-order valence-electron chi connectivity index (χ3n) is 0.572. The Labute approximate surface area is 59.6 Å². The fourth-order valence-electron chi connectivity index (χ4n) is 0.236. The number of carbonyl (C=O) groups is 1. The highest BCUT2D eigenvalue weighted by Gasteiger charge is 1.79. The van der Waals surface area contributed by atoms with Gasteiger partial charge in [0.15, 0.2) is 0 Å². The van der Waals surface area contributed by atoms with Gasteiger partial charge >= 0.3 is 0 Å². The minimum absolute atomic E-state index is 0. The maximum absolute atomic E-state index is 9.51. The summed E-state index contributed by atoms with van der Waals surface area (Å²) in [4.78, 5) is 9.51. The zero-order valence-corrected chi connectivity index (χ0v) is 5.86. The summed E-state index contributed by atoms with van der Waals surface area (Å²) in [5.41, 5.74) is 0. The van der Waals surface area contributed by atoms with Gasteiger partial charge in [0, 0.05) is 13.2 Å². The van der Waals surface area contributed by atoms with E-state index in [0.29, 0.717) is 6.54 Å². The summed E-state index contributed by atoms with van der Waals surface area (Å²) in [5.74, 6) is 0. The van der Waals surface area contributed by atoms with Crippen LogP contribution in [0.25, 0.3) is 0 Å². The van der Waals surface area contributed by atoms with Gasteiger partial charge < -0.3 is 20.0 Å². The van der Waals surface area contributed by atoms with E-state index in [1.54, 1.807) is 7.05 Å². The van der Waals surface area contributed by atoms with E-state index < -0.39 is 6.16 Å². The van der Waals surface area contributed by atoms with Crippen LogP contribution < -0.4 is 10.4 Å². The Balaban J connectivity index is 0. The third kappa shape index (κ3) is 11.2. The van der Waals surface area contributed by atoms with Crippen molar-refractivity contribution in [2.75, 3.05) is 20.2 Å². The maximum atomic E-state index is 9.51. The molecule has 4 nitrogen and oxygen atoms in total. The molecule has 0 bridgehead atoms. The van der Waals surface area contributed by atoms with E-state index >= 15 is 0 Å². The number of rotatable bonds is 3. The van der Waals surface area contributed by atoms with Gasteiger partial charge in [-0.3, -0.25) is 0 Å². The molecule has 9 heavy (non-hydrogen) atoms. The molecular formula is C4H9ClNO3-. The summed E-state index contributed by atoms with van der Waals surface area (Å²) in [6.07, 6.45) is -1.47. The summed E-state index contributed by atoms with van der Waals surface area (Å²) in [7, 11) is 1.71. The largest absolute Gasteiger partial charge is 0.548 e. The topological polar surface area (TPSA) is 61.4 Å². The van der Waals surface area contributed by atoms with E-state index in [1.807, 2.05) is 0 Å². The van der Waals surface area contributed by atoms with Crippen LogP contribution in [-0.4, -0.2) is 26.4 Å². The molecule has 0 aliphatic carbocycles. The molecule has 56 valence electrons. The smallest absolute Gasteiger partial charge is 0.252 e. The van der Waals surface area contributed by atoms with Crippen molar-refractivity contribution in [1.29, 1.82) is 0 Å². The summed E-state index contributed by atoms with van der Waals surface area (Å²) >= 11 is 0. The molecule has 0 heterocycles. The molecule has 1 N–H and O–H groups in total. The fraction of sp³-hybridized carbons (Fsp3) is 0.750. The Morgan fingerprint density at radius 1 is 1.78 bits per heavy atom. The van der Waals surface area contributed by atoms with Gasteiger partial charge in [-0.2, -0.15) is 0 Å². The summed E-state index contributed by atoms with van der Waals surface area (Å²) in [6.45, 7) is 0.673. The lowest BCUT2D eigenvalue weighted by molar-refractivity contribution is -0.282. The van der Waals surface area contributed by atoms with Crippen molar-refractivity contribution >= 4 is 18.6 Å². The monoisotopic (exact) mass is 154 g/mol. The second-order valence-corrected chi connectivity index (χ2v) is 1.20. The summed E-state index contributed by atoms with van der Waals surface area (Å²) < 4.78 is 4.03. The van der Waals surface area contributed by atoms with Gasteiger partial charge in [-0.05, 0) is 7.05 Å². The molecule has 0 atom stereocenters. The molecule has 0 spiro atoms. The van der Waals surface area contributed by atoms with Gasteiger partial charge in [0.25, 0.3) is 6.16 Å². The minimum Gasteiger partial charge on any atom is -0.548 e. The molecule has 0 aromatic heterocycles. The number of nitrogens with one attached hydrogen (secondary N) is 1. The van der Waals surface area contributed by atoms with Crippen molar-refractivity contribution in [3.05, 3.63) is 0 Å². The van der Waals surface area contributed by atoms with E-state index in [9.17, 15) is 9.90 Å². The number of likely N-dealkylation sites (N-methyl/N-ethyl adjacent to an activating group) is 1. The van der Waals surface area contributed by atoms with Crippen LogP contribution >= 0.6 is 12.4 Å². The minimum atomic E-state index is -1.47. The van der Waals surface area contributed by atoms with Crippen LogP contribution in [0.1, 0.15) is 0 Å². The maximum Gasteiger partial charge on any atom is 0.252 e. The molecule has 0 radical (unpaired) electrons. The van der Waals surface area contributed by atoms with Gasteiger partial charge in [0.1, 0.15) is 0 Å². The van der Waals surface area contributed by atoms with Crippen LogP contribution in [-0.2, 0) is 4.74 Å². The van der Waals surface area contributed by atoms with E-state index in [2.05, 4.69) is 10.1 Å². The lowest BCUT2D eigenvalue weighted by Gasteiger charge is -2.05. The Morgan fingerprint density at radius 3 is 2.67 bits per heavy atom. The standard InChI is InChI=1S/C4H9NO3.ClH/c1-5-2-3-8-4(6)7;/h5H,2-3H2,1H3,(H,6,7);1H/p-1. The first-order valence-corrected chi connectivity index (χ1v) is 2.25. The number of carboxylic acid groups (broad SMARTS) is 1. The van der Waals surface area contributed by atoms with Crippen LogP contribution in [0.2, 0.25) is 0 Å². The van der Waals surface area contributed by atoms with Crippen molar-refractivity contribution < 1.29 is 14.6 Å². The quantitative estimate of drug-likeness (QED) is 0.418. The van der Waals surface area contributed by atoms with Crippen molar-refractivity contribution in [3.8, 4) is 0 Å². The molecule has 0 aromatic carbocycles. The first-order chi connectivity index (χ1) is 3.77. The van der Waals surface area contributed by atoms with E-state index in [-0.39, 0.29) is 19.0 Å². The molecule has 0 aliphatic rings. The molecule has 0 amide bonds. The van der Waals surface area contributed by atoms with Gasteiger partial charge in [-0.15, -0.1) is 12.4 Å². The average molecular weight is 155 g/mol. The van der Waals surface area contributed by atoms with Crippen molar-refractivity contribution in [2.24, 2.45) is 0 Å². The predicted octanol–water partition coefficient (Wildman–Crippen LogP) is -1.01. The average Bonchev–Trinajstić information content (AvgIpc) is 1.66. The Morgan fingerprint density at radius 2 is 2.33 bits per heavy atom. The first kappa shape index (κ1) is 11.3. The lowest BCUT2D eigenvalue weighted by Crippen LogP contribution is -2.27. The van der Waals surface area contributed by atoms with Crippen molar-refractivity contribution in [3.63, 3.8) is 0 Å². The van der Waals surface area contributed by atoms with Crippen LogP contribution in [0, 0.1) is 0 Å². The van der Waals surface area contributed by atoms with E-state index in [0.717, 1.165) is 0 Å². The van der Waals surface area contributed by atoms with Crippen LogP contribution in [0.3, 0.4) is 0 Å².